The maximum atomic E-state index is 11.8. The molecule has 7 heteroatoms. The quantitative estimate of drug-likeness (QED) is 0.696. The van der Waals surface area contributed by atoms with Crippen molar-refractivity contribution in [1.29, 1.82) is 0 Å². The second-order valence-electron chi connectivity index (χ2n) is 5.26. The Morgan fingerprint density at radius 2 is 2.05 bits per heavy atom. The minimum atomic E-state index is -1.14. The van der Waals surface area contributed by atoms with E-state index in [0.29, 0.717) is 12.5 Å². The Bertz CT molecular complexity index is 547. The maximum Gasteiger partial charge on any atom is 0.337 e. The molecule has 1 aromatic carbocycles. The highest BCUT2D eigenvalue weighted by molar-refractivity contribution is 6.34. The number of nitrogens with one attached hydrogen (secondary N) is 1. The number of nitrogen functional groups attached to an aromatic ring is 1. The highest BCUT2D eigenvalue weighted by Crippen LogP contribution is 2.31. The molecule has 1 rings (SSSR count). The van der Waals surface area contributed by atoms with Gasteiger partial charge in [0.05, 0.1) is 22.8 Å². The molecule has 0 aliphatic rings. The predicted octanol–water partition coefficient (Wildman–Crippen LogP) is 1.83. The van der Waals surface area contributed by atoms with Crippen LogP contribution in [-0.2, 0) is 4.79 Å². The van der Waals surface area contributed by atoms with Crippen molar-refractivity contribution in [2.24, 2.45) is 5.92 Å². The van der Waals surface area contributed by atoms with Gasteiger partial charge in [0.2, 0.25) is 5.91 Å². The van der Waals surface area contributed by atoms with Gasteiger partial charge in [-0.3, -0.25) is 4.79 Å². The van der Waals surface area contributed by atoms with Crippen molar-refractivity contribution in [3.05, 3.63) is 22.7 Å². The van der Waals surface area contributed by atoms with Gasteiger partial charge in [-0.1, -0.05) is 25.4 Å². The molecule has 0 bridgehead atoms. The zero-order valence-electron chi connectivity index (χ0n) is 12.3. The number of carboxylic acids is 1. The fourth-order valence-corrected chi connectivity index (χ4v) is 2.21. The molecule has 0 aromatic heterocycles. The summed E-state index contributed by atoms with van der Waals surface area (Å²) in [6.45, 7) is 4.55. The molecule has 1 amide bonds. The SMILES string of the molecule is CC(C)CNC(=O)CN(C)c1c(Cl)cc(N)cc1C(=O)O. The molecule has 0 radical (unpaired) electrons. The van der Waals surface area contributed by atoms with Crippen LogP contribution >= 0.6 is 11.6 Å². The molecule has 4 N–H and O–H groups in total. The maximum absolute atomic E-state index is 11.8. The Balaban J connectivity index is 2.94. The number of carboxylic acid groups (broad SMARTS) is 1. The van der Waals surface area contributed by atoms with Crippen molar-refractivity contribution in [2.75, 3.05) is 30.8 Å². The fourth-order valence-electron chi connectivity index (χ4n) is 1.84. The number of hydrogen-bond acceptors (Lipinski definition) is 4. The number of nitrogens with two attached hydrogens (primary N) is 1. The van der Waals surface area contributed by atoms with Gasteiger partial charge < -0.3 is 21.1 Å². The van der Waals surface area contributed by atoms with Gasteiger partial charge in [-0.05, 0) is 18.1 Å². The van der Waals surface area contributed by atoms with E-state index in [2.05, 4.69) is 5.32 Å². The second kappa shape index (κ2) is 7.17. The molecule has 0 saturated carbocycles. The fraction of sp³-hybridized carbons (Fsp3) is 0.429. The van der Waals surface area contributed by atoms with E-state index >= 15 is 0 Å². The minimum Gasteiger partial charge on any atom is -0.478 e. The third-order valence-electron chi connectivity index (χ3n) is 2.79. The number of halogens is 1. The van der Waals surface area contributed by atoms with Crippen LogP contribution in [-0.4, -0.2) is 37.1 Å². The van der Waals surface area contributed by atoms with E-state index < -0.39 is 5.97 Å². The summed E-state index contributed by atoms with van der Waals surface area (Å²) < 4.78 is 0. The summed E-state index contributed by atoms with van der Waals surface area (Å²) >= 11 is 6.07. The molecule has 1 aromatic rings. The molecule has 6 nitrogen and oxygen atoms in total. The summed E-state index contributed by atoms with van der Waals surface area (Å²) in [6.07, 6.45) is 0. The third-order valence-corrected chi connectivity index (χ3v) is 3.07. The number of likely N-dealkylation sites (N-methyl/N-ethyl adjacent to an activating group) is 1. The number of amides is 1. The molecule has 21 heavy (non-hydrogen) atoms. The van der Waals surface area contributed by atoms with Gasteiger partial charge in [0.15, 0.2) is 0 Å². The molecule has 0 atom stereocenters. The van der Waals surface area contributed by atoms with Gasteiger partial charge in [0.1, 0.15) is 0 Å². The highest BCUT2D eigenvalue weighted by Gasteiger charge is 2.19. The van der Waals surface area contributed by atoms with Crippen molar-refractivity contribution < 1.29 is 14.7 Å². The number of nitrogens with zero attached hydrogens (tertiary/aromatic N) is 1. The van der Waals surface area contributed by atoms with Crippen LogP contribution in [0.5, 0.6) is 0 Å². The monoisotopic (exact) mass is 313 g/mol. The van der Waals surface area contributed by atoms with E-state index in [1.807, 2.05) is 13.8 Å². The highest BCUT2D eigenvalue weighted by atomic mass is 35.5. The molecule has 0 heterocycles. The molecule has 0 aliphatic heterocycles. The molecule has 0 spiro atoms. The molecular formula is C14H20ClN3O3. The van der Waals surface area contributed by atoms with Gasteiger partial charge in [0.25, 0.3) is 0 Å². The van der Waals surface area contributed by atoms with Crippen LogP contribution < -0.4 is 16.0 Å². The van der Waals surface area contributed by atoms with E-state index in [1.165, 1.54) is 17.0 Å². The van der Waals surface area contributed by atoms with Crippen molar-refractivity contribution in [1.82, 2.24) is 5.32 Å². The standard InChI is InChI=1S/C14H20ClN3O3/c1-8(2)6-17-12(19)7-18(3)13-10(14(20)21)4-9(16)5-11(13)15/h4-5,8H,6-7,16H2,1-3H3,(H,17,19)(H,20,21). The first-order valence-electron chi connectivity index (χ1n) is 6.52. The van der Waals surface area contributed by atoms with E-state index in [-0.39, 0.29) is 34.4 Å². The smallest absolute Gasteiger partial charge is 0.337 e. The van der Waals surface area contributed by atoms with Crippen LogP contribution in [0.15, 0.2) is 12.1 Å². The number of rotatable bonds is 6. The van der Waals surface area contributed by atoms with Gasteiger partial charge in [-0.25, -0.2) is 4.79 Å². The predicted molar refractivity (Wildman–Crippen MR) is 83.9 cm³/mol. The summed E-state index contributed by atoms with van der Waals surface area (Å²) in [5.74, 6) is -1.00. The van der Waals surface area contributed by atoms with Crippen LogP contribution in [0.3, 0.4) is 0 Å². The average molecular weight is 314 g/mol. The van der Waals surface area contributed by atoms with Crippen LogP contribution in [0.4, 0.5) is 11.4 Å². The summed E-state index contributed by atoms with van der Waals surface area (Å²) in [4.78, 5) is 24.6. The van der Waals surface area contributed by atoms with Crippen LogP contribution in [0.2, 0.25) is 5.02 Å². The lowest BCUT2D eigenvalue weighted by Gasteiger charge is -2.22. The van der Waals surface area contributed by atoms with Gasteiger partial charge in [-0.2, -0.15) is 0 Å². The van der Waals surface area contributed by atoms with Crippen molar-refractivity contribution in [2.45, 2.75) is 13.8 Å². The first kappa shape index (κ1) is 17.1. The Kier molecular flexibility index (Phi) is 5.84. The lowest BCUT2D eigenvalue weighted by atomic mass is 10.1. The number of aromatic carboxylic acids is 1. The van der Waals surface area contributed by atoms with Gasteiger partial charge in [-0.15, -0.1) is 0 Å². The van der Waals surface area contributed by atoms with Crippen molar-refractivity contribution in [3.63, 3.8) is 0 Å². The largest absolute Gasteiger partial charge is 0.478 e. The lowest BCUT2D eigenvalue weighted by molar-refractivity contribution is -0.119. The Hall–Kier alpha value is -1.95. The number of benzene rings is 1. The third kappa shape index (κ3) is 4.82. The van der Waals surface area contributed by atoms with Gasteiger partial charge in [0, 0.05) is 19.3 Å². The second-order valence-corrected chi connectivity index (χ2v) is 5.67. The Morgan fingerprint density at radius 3 is 2.57 bits per heavy atom. The number of carbonyl (C=O) groups excluding carboxylic acids is 1. The normalized spacial score (nSPS) is 10.5. The van der Waals surface area contributed by atoms with E-state index in [4.69, 9.17) is 17.3 Å². The van der Waals surface area contributed by atoms with Crippen molar-refractivity contribution >= 4 is 34.9 Å². The summed E-state index contributed by atoms with van der Waals surface area (Å²) in [5, 5.41) is 12.2. The zero-order chi connectivity index (χ0) is 16.2. The molecular weight excluding hydrogens is 294 g/mol. The zero-order valence-corrected chi connectivity index (χ0v) is 13.1. The first-order valence-corrected chi connectivity index (χ1v) is 6.90. The summed E-state index contributed by atoms with van der Waals surface area (Å²) in [5.41, 5.74) is 6.11. The average Bonchev–Trinajstić information content (AvgIpc) is 2.34. The molecule has 0 fully saturated rings. The van der Waals surface area contributed by atoms with Crippen LogP contribution in [0, 0.1) is 5.92 Å². The number of carbonyl (C=O) groups is 2. The topological polar surface area (TPSA) is 95.7 Å². The Labute approximate surface area is 128 Å². The van der Waals surface area contributed by atoms with Crippen LogP contribution in [0.25, 0.3) is 0 Å². The van der Waals surface area contributed by atoms with E-state index in [9.17, 15) is 14.7 Å². The minimum absolute atomic E-state index is 0.0106. The van der Waals surface area contributed by atoms with Gasteiger partial charge >= 0.3 is 5.97 Å². The molecule has 0 unspecified atom stereocenters. The number of hydrogen-bond donors (Lipinski definition) is 3. The summed E-state index contributed by atoms with van der Waals surface area (Å²) in [7, 11) is 1.61. The van der Waals surface area contributed by atoms with E-state index in [1.54, 1.807) is 7.05 Å². The Morgan fingerprint density at radius 1 is 1.43 bits per heavy atom. The summed E-state index contributed by atoms with van der Waals surface area (Å²) in [6, 6.07) is 2.79. The van der Waals surface area contributed by atoms with E-state index in [0.717, 1.165) is 0 Å². The molecule has 0 saturated heterocycles. The molecule has 0 aliphatic carbocycles. The lowest BCUT2D eigenvalue weighted by Crippen LogP contribution is -2.37. The molecule has 116 valence electrons. The number of anilines is 2. The first-order chi connectivity index (χ1) is 9.72. The van der Waals surface area contributed by atoms with Crippen LogP contribution in [0.1, 0.15) is 24.2 Å². The van der Waals surface area contributed by atoms with Crippen molar-refractivity contribution in [3.8, 4) is 0 Å².